The molecule has 0 atom stereocenters. The number of benzene rings is 6. The van der Waals surface area contributed by atoms with Crippen molar-refractivity contribution in [3.63, 3.8) is 0 Å². The van der Waals surface area contributed by atoms with Gasteiger partial charge in [-0.1, -0.05) is 135 Å². The number of nitrogens with zero attached hydrogens (tertiary/aromatic N) is 2. The molecule has 0 bridgehead atoms. The highest BCUT2D eigenvalue weighted by molar-refractivity contribution is 7.27. The van der Waals surface area contributed by atoms with E-state index in [0.29, 0.717) is 0 Å². The second kappa shape index (κ2) is 15.5. The van der Waals surface area contributed by atoms with Crippen LogP contribution in [0.4, 0.5) is 27.8 Å². The Bertz CT molecular complexity index is 3930. The molecule has 2 aliphatic heterocycles. The predicted molar refractivity (Wildman–Crippen MR) is 339 cm³/mol. The van der Waals surface area contributed by atoms with Gasteiger partial charge in [-0.25, -0.2) is 0 Å². The van der Waals surface area contributed by atoms with Gasteiger partial charge in [0.1, 0.15) is 0 Å². The second-order valence-corrected chi connectivity index (χ2v) is 33.0. The van der Waals surface area contributed by atoms with Crippen molar-refractivity contribution in [2.45, 2.75) is 219 Å². The largest absolute Gasteiger partial charge is 0.376 e. The first-order valence-electron chi connectivity index (χ1n) is 29.6. The maximum absolute atomic E-state index is 2.87. The molecule has 8 aromatic rings. The summed E-state index contributed by atoms with van der Waals surface area (Å²) in [5.74, 6) is 0. The summed E-state index contributed by atoms with van der Waals surface area (Å²) in [6, 6.07) is 33.9. The number of fused-ring (bicyclic) bond motifs is 14. The molecular weight excluding hydrogens is 968 g/mol. The van der Waals surface area contributed by atoms with Crippen molar-refractivity contribution in [2.75, 3.05) is 9.71 Å². The van der Waals surface area contributed by atoms with Crippen molar-refractivity contribution in [1.29, 1.82) is 0 Å². The molecule has 6 aromatic carbocycles. The first kappa shape index (κ1) is 50.4. The normalized spacial score (nSPS) is 22.0. The van der Waals surface area contributed by atoms with Gasteiger partial charge in [0.05, 0.1) is 10.7 Å². The number of anilines is 5. The molecule has 6 aliphatic rings. The highest BCUT2D eigenvalue weighted by Gasteiger charge is 2.50. The number of aryl methyl sites for hydroxylation is 2. The molecular formula is C72H83BN2S2. The summed E-state index contributed by atoms with van der Waals surface area (Å²) < 4.78 is 4.26. The van der Waals surface area contributed by atoms with Crippen LogP contribution in [0.3, 0.4) is 0 Å². The van der Waals surface area contributed by atoms with Crippen LogP contribution in [0.25, 0.3) is 41.4 Å². The smallest absolute Gasteiger partial charge is 0.334 e. The first-order valence-corrected chi connectivity index (χ1v) is 31.2. The Balaban J connectivity index is 1.14. The molecule has 396 valence electrons. The Hall–Kier alpha value is -4.84. The van der Waals surface area contributed by atoms with E-state index >= 15 is 0 Å². The van der Waals surface area contributed by atoms with E-state index in [1.54, 1.807) is 22.3 Å². The molecule has 0 saturated heterocycles. The molecule has 0 spiro atoms. The fourth-order valence-electron chi connectivity index (χ4n) is 16.3. The standard InChI is InChI=1S/C72H83BN2S2/c1-40-31-46-60-55(22-20-43-44-35-50-53(38-58(44)76-63(43)60)71(15,16)29-26-68(50,9)10)75(42-19-21-47-49(34-42)67(7,8)24-23-65(47,3)4)73-61(46)57(32-40)74(56-37-52-48(33-41(56)2)66(5,6)25-28-70(52,13)14)64-62(73)45-36-51-54(39-59(45)77-64)72(17,18)30-27-69(51,11)12/h19-22,31-39H,23-30H2,1-18H3. The van der Waals surface area contributed by atoms with Gasteiger partial charge in [0.25, 0.3) is 0 Å². The van der Waals surface area contributed by atoms with Gasteiger partial charge in [-0.15, -0.1) is 22.7 Å². The molecule has 2 aromatic heterocycles. The average Bonchev–Trinajstić information content (AvgIpc) is 4.19. The minimum Gasteiger partial charge on any atom is -0.376 e. The van der Waals surface area contributed by atoms with Gasteiger partial charge < -0.3 is 9.71 Å². The summed E-state index contributed by atoms with van der Waals surface area (Å²) in [5, 5.41) is 5.64. The Kier molecular flexibility index (Phi) is 10.2. The minimum absolute atomic E-state index is 0.0577. The van der Waals surface area contributed by atoms with E-state index in [1.807, 2.05) is 0 Å². The minimum atomic E-state index is -0.0577. The lowest BCUT2D eigenvalue weighted by Gasteiger charge is -2.47. The van der Waals surface area contributed by atoms with Crippen LogP contribution in [0.5, 0.6) is 0 Å². The Morgan fingerprint density at radius 1 is 0.390 bits per heavy atom. The average molecular weight is 1050 g/mol. The zero-order valence-electron chi connectivity index (χ0n) is 50.0. The lowest BCUT2D eigenvalue weighted by molar-refractivity contribution is 0.332. The molecule has 4 heterocycles. The topological polar surface area (TPSA) is 6.48 Å². The fourth-order valence-corrected chi connectivity index (χ4v) is 18.8. The van der Waals surface area contributed by atoms with Crippen LogP contribution in [0.15, 0.2) is 78.9 Å². The van der Waals surface area contributed by atoms with E-state index in [9.17, 15) is 0 Å². The molecule has 0 radical (unpaired) electrons. The second-order valence-electron chi connectivity index (χ2n) is 30.9. The van der Waals surface area contributed by atoms with Crippen molar-refractivity contribution in [3.05, 3.63) is 134 Å². The third-order valence-corrected chi connectivity index (χ3v) is 24.2. The molecule has 0 amide bonds. The van der Waals surface area contributed by atoms with Gasteiger partial charge in [0.15, 0.2) is 0 Å². The van der Waals surface area contributed by atoms with Gasteiger partial charge >= 0.3 is 6.85 Å². The summed E-state index contributed by atoms with van der Waals surface area (Å²) in [6.07, 6.45) is 9.60. The Labute approximate surface area is 470 Å². The molecule has 2 nitrogen and oxygen atoms in total. The monoisotopic (exact) mass is 1050 g/mol. The molecule has 4 aliphatic carbocycles. The van der Waals surface area contributed by atoms with Gasteiger partial charge in [-0.3, -0.25) is 0 Å². The SMILES string of the molecule is Cc1cc2c3c(c1)N(c1cc4c(cc1C)C(C)(C)CCC4(C)C)c1sc4cc5c(cc4c1B3N(c1ccc3c(c1)C(C)(C)CCC3(C)C)c1ccc3c(sc4cc6c(cc43)C(C)(C)CCC6(C)C)c1-2)C(C)(C)CCC5(C)C. The highest BCUT2D eigenvalue weighted by Crippen LogP contribution is 2.59. The van der Waals surface area contributed by atoms with Crippen molar-refractivity contribution < 1.29 is 0 Å². The van der Waals surface area contributed by atoms with E-state index in [1.165, 1.54) is 165 Å². The zero-order valence-corrected chi connectivity index (χ0v) is 51.6. The van der Waals surface area contributed by atoms with Crippen molar-refractivity contribution in [2.24, 2.45) is 0 Å². The van der Waals surface area contributed by atoms with Gasteiger partial charge in [0.2, 0.25) is 0 Å². The van der Waals surface area contributed by atoms with Crippen LogP contribution in [0.1, 0.15) is 218 Å². The fraction of sp³-hybridized carbons (Fsp3) is 0.472. The summed E-state index contributed by atoms with van der Waals surface area (Å²) in [5.41, 5.74) is 26.8. The maximum Gasteiger partial charge on any atom is 0.334 e. The van der Waals surface area contributed by atoms with Crippen molar-refractivity contribution in [1.82, 2.24) is 0 Å². The van der Waals surface area contributed by atoms with Crippen LogP contribution in [-0.2, 0) is 43.3 Å². The zero-order chi connectivity index (χ0) is 54.4. The molecule has 14 rings (SSSR count). The van der Waals surface area contributed by atoms with E-state index in [0.717, 1.165) is 0 Å². The third kappa shape index (κ3) is 6.96. The molecule has 0 N–H and O–H groups in total. The number of hydrogen-bond acceptors (Lipinski definition) is 4. The van der Waals surface area contributed by atoms with Crippen LogP contribution in [0, 0.1) is 13.8 Å². The van der Waals surface area contributed by atoms with Crippen LogP contribution >= 0.6 is 22.7 Å². The van der Waals surface area contributed by atoms with E-state index < -0.39 is 0 Å². The molecule has 77 heavy (non-hydrogen) atoms. The van der Waals surface area contributed by atoms with Crippen molar-refractivity contribution >= 4 is 98.5 Å². The molecule has 5 heteroatoms. The van der Waals surface area contributed by atoms with E-state index in [-0.39, 0.29) is 50.2 Å². The van der Waals surface area contributed by atoms with Gasteiger partial charge in [-0.2, -0.15) is 0 Å². The number of hydrogen-bond donors (Lipinski definition) is 0. The van der Waals surface area contributed by atoms with Gasteiger partial charge in [0, 0.05) is 47.5 Å². The predicted octanol–water partition coefficient (Wildman–Crippen LogP) is 20.0. The van der Waals surface area contributed by atoms with Crippen LogP contribution in [-0.4, -0.2) is 6.85 Å². The van der Waals surface area contributed by atoms with E-state index in [2.05, 4.69) is 236 Å². The molecule has 0 fully saturated rings. The summed E-state index contributed by atoms with van der Waals surface area (Å²) >= 11 is 4.11. The summed E-state index contributed by atoms with van der Waals surface area (Å²) in [6.45, 7) is 44.7. The molecule has 0 unspecified atom stereocenters. The molecule has 0 saturated carbocycles. The first-order chi connectivity index (χ1) is 35.9. The third-order valence-electron chi connectivity index (χ3n) is 21.9. The summed E-state index contributed by atoms with van der Waals surface area (Å²) in [4.78, 5) is 5.67. The van der Waals surface area contributed by atoms with Crippen LogP contribution < -0.4 is 20.6 Å². The Morgan fingerprint density at radius 2 is 0.857 bits per heavy atom. The quantitative estimate of drug-likeness (QED) is 0.159. The number of thiophene rings is 2. The Morgan fingerprint density at radius 3 is 1.42 bits per heavy atom. The number of rotatable bonds is 2. The lowest BCUT2D eigenvalue weighted by Crippen LogP contribution is -2.61. The highest BCUT2D eigenvalue weighted by atomic mass is 32.1. The summed E-state index contributed by atoms with van der Waals surface area (Å²) in [7, 11) is 0. The van der Waals surface area contributed by atoms with Crippen molar-refractivity contribution in [3.8, 4) is 11.1 Å². The van der Waals surface area contributed by atoms with E-state index in [4.69, 9.17) is 0 Å². The lowest BCUT2D eigenvalue weighted by atomic mass is 9.43. The van der Waals surface area contributed by atoms with Gasteiger partial charge in [-0.05, 0) is 241 Å². The van der Waals surface area contributed by atoms with Crippen LogP contribution in [0.2, 0.25) is 0 Å². The maximum atomic E-state index is 2.87.